The van der Waals surface area contributed by atoms with Gasteiger partial charge in [0.05, 0.1) is 16.5 Å². The van der Waals surface area contributed by atoms with E-state index < -0.39 is 70.1 Å². The van der Waals surface area contributed by atoms with Crippen molar-refractivity contribution in [3.8, 4) is 5.75 Å². The van der Waals surface area contributed by atoms with E-state index in [1.54, 1.807) is 0 Å². The highest BCUT2D eigenvalue weighted by atomic mass is 16.7. The Hall–Kier alpha value is -2.87. The van der Waals surface area contributed by atoms with Crippen LogP contribution in [0.3, 0.4) is 0 Å². The maximum atomic E-state index is 11.4. The molecule has 5 atom stereocenters. The molecule has 0 unspecified atom stereocenters. The van der Waals surface area contributed by atoms with E-state index in [9.17, 15) is 40.3 Å². The van der Waals surface area contributed by atoms with Crippen molar-refractivity contribution in [2.45, 2.75) is 37.6 Å². The summed E-state index contributed by atoms with van der Waals surface area (Å²) in [4.78, 5) is 31.7. The number of benzene rings is 1. The third-order valence-corrected chi connectivity index (χ3v) is 3.85. The van der Waals surface area contributed by atoms with E-state index in [2.05, 4.69) is 5.32 Å². The molecule has 1 aliphatic heterocycles. The number of ether oxygens (including phenoxy) is 2. The lowest BCUT2D eigenvalue weighted by molar-refractivity contribution is -0.423. The number of aliphatic hydroxyl groups excluding tert-OH is 3. The number of hydrogen-bond acceptors (Lipinski definition) is 10. The number of nitrogens with one attached hydrogen (secondary N) is 1. The van der Waals surface area contributed by atoms with Gasteiger partial charge in [-0.25, -0.2) is 0 Å². The lowest BCUT2D eigenvalue weighted by Crippen LogP contribution is -2.65. The maximum Gasteiger partial charge on any atom is 0.387 e. The number of hydrogen-bond donors (Lipinski definition) is 4. The normalized spacial score (nSPS) is 27.6. The first-order chi connectivity index (χ1) is 12.7. The van der Waals surface area contributed by atoms with Crippen LogP contribution in [0.2, 0.25) is 0 Å². The van der Waals surface area contributed by atoms with Crippen molar-refractivity contribution in [2.75, 3.05) is 6.61 Å². The van der Waals surface area contributed by atoms with Gasteiger partial charge < -0.3 is 30.1 Å². The van der Waals surface area contributed by atoms with Crippen molar-refractivity contribution >= 4 is 17.3 Å². The fraction of sp³-hybridized carbons (Fsp3) is 0.500. The second-order valence-electron chi connectivity index (χ2n) is 5.69. The summed E-state index contributed by atoms with van der Waals surface area (Å²) in [5, 5.41) is 53.9. The topological polar surface area (TPSA) is 195 Å². The summed E-state index contributed by atoms with van der Waals surface area (Å²) < 4.78 is 10.6. The molecule has 27 heavy (non-hydrogen) atoms. The predicted octanol–water partition coefficient (Wildman–Crippen LogP) is -1.17. The number of carbonyl (C=O) groups is 1. The quantitative estimate of drug-likeness (QED) is 0.341. The molecule has 13 nitrogen and oxygen atoms in total. The van der Waals surface area contributed by atoms with E-state index >= 15 is 0 Å². The van der Waals surface area contributed by atoms with Crippen molar-refractivity contribution < 1.29 is 39.4 Å². The third kappa shape index (κ3) is 4.28. The summed E-state index contributed by atoms with van der Waals surface area (Å²) >= 11 is 0. The first-order valence-electron chi connectivity index (χ1n) is 7.65. The van der Waals surface area contributed by atoms with Gasteiger partial charge in [0.1, 0.15) is 24.4 Å². The molecule has 1 amide bonds. The van der Waals surface area contributed by atoms with Gasteiger partial charge >= 0.3 is 11.4 Å². The van der Waals surface area contributed by atoms with Crippen LogP contribution in [-0.2, 0) is 9.53 Å². The fourth-order valence-corrected chi connectivity index (χ4v) is 2.63. The molecular formula is C14H17N3O10. The number of carbonyl (C=O) groups excluding carboxylic acids is 1. The number of para-hydroxylation sites is 1. The molecule has 1 aromatic rings. The zero-order valence-corrected chi connectivity index (χ0v) is 13.9. The van der Waals surface area contributed by atoms with Gasteiger partial charge in [0.15, 0.2) is 0 Å². The monoisotopic (exact) mass is 387 g/mol. The van der Waals surface area contributed by atoms with Gasteiger partial charge in [0, 0.05) is 13.0 Å². The van der Waals surface area contributed by atoms with Gasteiger partial charge in [0.25, 0.3) is 0 Å². The Morgan fingerprint density at radius 1 is 1.26 bits per heavy atom. The lowest BCUT2D eigenvalue weighted by atomic mass is 9.97. The largest absolute Gasteiger partial charge is 0.455 e. The van der Waals surface area contributed by atoms with Crippen LogP contribution in [0.25, 0.3) is 0 Å². The standard InChI is InChI=1S/C14H17N3O10/c1-6(19)15-10-13(21)12(20)9(5-18)27-14(10)26-8-4-2-3-7(16(22)23)11(8)17(24)25/h2-4,9-10,12-14,18,20-21H,5H2,1H3,(H,15,19)/t9-,10-,12-,13-,14-/m1/s1. The molecule has 0 spiro atoms. The Bertz CT molecular complexity index is 742. The van der Waals surface area contributed by atoms with Crippen LogP contribution in [0.4, 0.5) is 11.4 Å². The van der Waals surface area contributed by atoms with E-state index in [0.29, 0.717) is 0 Å². The average Bonchev–Trinajstić information content (AvgIpc) is 2.60. The molecule has 1 aromatic carbocycles. The Morgan fingerprint density at radius 3 is 2.44 bits per heavy atom. The molecule has 1 heterocycles. The molecule has 1 aliphatic rings. The molecule has 0 bridgehead atoms. The van der Waals surface area contributed by atoms with E-state index in [1.807, 2.05) is 0 Å². The smallest absolute Gasteiger partial charge is 0.387 e. The van der Waals surface area contributed by atoms with Gasteiger partial charge in [-0.05, 0) is 6.07 Å². The van der Waals surface area contributed by atoms with Crippen LogP contribution in [0.15, 0.2) is 18.2 Å². The zero-order chi connectivity index (χ0) is 20.3. The molecule has 0 radical (unpaired) electrons. The zero-order valence-electron chi connectivity index (χ0n) is 13.9. The van der Waals surface area contributed by atoms with Gasteiger partial charge in [-0.3, -0.25) is 25.0 Å². The van der Waals surface area contributed by atoms with Crippen LogP contribution < -0.4 is 10.1 Å². The Labute approximate surface area is 151 Å². The van der Waals surface area contributed by atoms with Crippen molar-refractivity contribution in [2.24, 2.45) is 0 Å². The van der Waals surface area contributed by atoms with Gasteiger partial charge in [-0.2, -0.15) is 0 Å². The third-order valence-electron chi connectivity index (χ3n) is 3.85. The number of nitro groups is 2. The SMILES string of the molecule is CC(=O)N[C@H]1[C@H](Oc2cccc([N+](=O)[O-])c2[N+](=O)[O-])O[C@H](CO)[C@@H](O)[C@@H]1O. The molecule has 0 aromatic heterocycles. The first kappa shape index (κ1) is 20.4. The summed E-state index contributed by atoms with van der Waals surface area (Å²) in [5.41, 5.74) is -1.78. The molecule has 0 aliphatic carbocycles. The number of nitrogens with zero attached hydrogens (tertiary/aromatic N) is 2. The van der Waals surface area contributed by atoms with E-state index in [0.717, 1.165) is 25.1 Å². The minimum Gasteiger partial charge on any atom is -0.455 e. The van der Waals surface area contributed by atoms with Crippen LogP contribution >= 0.6 is 0 Å². The highest BCUT2D eigenvalue weighted by molar-refractivity contribution is 5.73. The average molecular weight is 387 g/mol. The minimum absolute atomic E-state index is 0.546. The maximum absolute atomic E-state index is 11.4. The summed E-state index contributed by atoms with van der Waals surface area (Å²) in [7, 11) is 0. The Balaban J connectivity index is 2.43. The highest BCUT2D eigenvalue weighted by Crippen LogP contribution is 2.37. The van der Waals surface area contributed by atoms with Crippen molar-refractivity contribution in [3.05, 3.63) is 38.4 Å². The van der Waals surface area contributed by atoms with Gasteiger partial charge in [0.2, 0.25) is 17.9 Å². The number of aliphatic hydroxyl groups is 3. The second-order valence-corrected chi connectivity index (χ2v) is 5.69. The minimum atomic E-state index is -1.64. The van der Waals surface area contributed by atoms with Crippen molar-refractivity contribution in [1.29, 1.82) is 0 Å². The predicted molar refractivity (Wildman–Crippen MR) is 85.7 cm³/mol. The first-order valence-corrected chi connectivity index (χ1v) is 7.65. The highest BCUT2D eigenvalue weighted by Gasteiger charge is 2.47. The molecule has 4 N–H and O–H groups in total. The van der Waals surface area contributed by atoms with Crippen LogP contribution in [0, 0.1) is 20.2 Å². The van der Waals surface area contributed by atoms with E-state index in [4.69, 9.17) is 9.47 Å². The van der Waals surface area contributed by atoms with E-state index in [-0.39, 0.29) is 0 Å². The van der Waals surface area contributed by atoms with Gasteiger partial charge in [-0.15, -0.1) is 0 Å². The molecule has 0 saturated carbocycles. The summed E-state index contributed by atoms with van der Waals surface area (Å²) in [5.74, 6) is -1.17. The molecule has 1 saturated heterocycles. The summed E-state index contributed by atoms with van der Waals surface area (Å²) in [6, 6.07) is 1.77. The number of amides is 1. The molecular weight excluding hydrogens is 370 g/mol. The van der Waals surface area contributed by atoms with Crippen molar-refractivity contribution in [3.63, 3.8) is 0 Å². The number of rotatable bonds is 6. The molecule has 13 heteroatoms. The van der Waals surface area contributed by atoms with Crippen LogP contribution in [0.1, 0.15) is 6.92 Å². The molecule has 2 rings (SSSR count). The van der Waals surface area contributed by atoms with Crippen LogP contribution in [0.5, 0.6) is 5.75 Å². The lowest BCUT2D eigenvalue weighted by Gasteiger charge is -2.41. The second kappa shape index (κ2) is 8.22. The fourth-order valence-electron chi connectivity index (χ4n) is 2.63. The van der Waals surface area contributed by atoms with Gasteiger partial charge in [-0.1, -0.05) is 6.07 Å². The summed E-state index contributed by atoms with van der Waals surface area (Å²) in [6.45, 7) is 0.395. The van der Waals surface area contributed by atoms with Crippen molar-refractivity contribution in [1.82, 2.24) is 5.32 Å². The molecule has 1 fully saturated rings. The van der Waals surface area contributed by atoms with E-state index in [1.165, 1.54) is 0 Å². The Kier molecular flexibility index (Phi) is 6.22. The van der Waals surface area contributed by atoms with Crippen LogP contribution in [-0.4, -0.2) is 68.3 Å². The molecule has 148 valence electrons. The Morgan fingerprint density at radius 2 is 1.93 bits per heavy atom. The number of nitro benzene ring substituents is 2. The summed E-state index contributed by atoms with van der Waals surface area (Å²) in [6.07, 6.45) is -6.10.